The van der Waals surface area contributed by atoms with E-state index in [1.54, 1.807) is 12.1 Å². The van der Waals surface area contributed by atoms with Crippen LogP contribution in [0.1, 0.15) is 49.4 Å². The molecule has 1 amide bonds. The summed E-state index contributed by atoms with van der Waals surface area (Å²) >= 11 is 0. The molecule has 1 aromatic rings. The maximum absolute atomic E-state index is 12.6. The summed E-state index contributed by atoms with van der Waals surface area (Å²) in [4.78, 5) is 27.6. The molecule has 5 heteroatoms. The zero-order chi connectivity index (χ0) is 16.8. The molecule has 0 aliphatic carbocycles. The number of rotatable bonds is 6. The van der Waals surface area contributed by atoms with Crippen LogP contribution in [0.2, 0.25) is 0 Å². The number of carbonyl (C=O) groups is 2. The predicted molar refractivity (Wildman–Crippen MR) is 90.9 cm³/mol. The molecule has 1 aromatic carbocycles. The van der Waals surface area contributed by atoms with E-state index in [-0.39, 0.29) is 5.91 Å². The van der Waals surface area contributed by atoms with Crippen LogP contribution in [0, 0.1) is 0 Å². The number of carboxylic acids is 1. The van der Waals surface area contributed by atoms with E-state index in [1.807, 2.05) is 19.2 Å². The van der Waals surface area contributed by atoms with E-state index in [2.05, 4.69) is 11.8 Å². The highest BCUT2D eigenvalue weighted by Crippen LogP contribution is 2.21. The minimum atomic E-state index is -0.908. The number of carboxylic acid groups (broad SMARTS) is 1. The molecule has 2 rings (SSSR count). The molecule has 1 heterocycles. The highest BCUT2D eigenvalue weighted by molar-refractivity contribution is 5.97. The van der Waals surface area contributed by atoms with Gasteiger partial charge in [-0.05, 0) is 49.9 Å². The van der Waals surface area contributed by atoms with Gasteiger partial charge < -0.3 is 14.9 Å². The van der Waals surface area contributed by atoms with Gasteiger partial charge in [0.15, 0.2) is 0 Å². The first-order valence-corrected chi connectivity index (χ1v) is 8.39. The molecule has 1 N–H and O–H groups in total. The number of aliphatic carboxylic acids is 1. The second-order valence-corrected chi connectivity index (χ2v) is 6.17. The average molecular weight is 318 g/mol. The summed E-state index contributed by atoms with van der Waals surface area (Å²) in [6.45, 7) is 3.66. The van der Waals surface area contributed by atoms with Gasteiger partial charge in [-0.25, -0.2) is 4.79 Å². The number of likely N-dealkylation sites (tertiary alicyclic amines) is 1. The summed E-state index contributed by atoms with van der Waals surface area (Å²) in [7, 11) is 2.04. The van der Waals surface area contributed by atoms with Crippen molar-refractivity contribution in [1.82, 2.24) is 4.90 Å². The van der Waals surface area contributed by atoms with Crippen LogP contribution in [0.5, 0.6) is 0 Å². The lowest BCUT2D eigenvalue weighted by Crippen LogP contribution is -2.47. The minimum Gasteiger partial charge on any atom is -0.480 e. The normalized spacial score (nSPS) is 17.8. The molecule has 0 spiro atoms. The number of unbranched alkanes of at least 4 members (excludes halogenated alkanes) is 1. The third kappa shape index (κ3) is 4.24. The molecular formula is C18H26N2O3. The second kappa shape index (κ2) is 7.99. The van der Waals surface area contributed by atoms with Crippen molar-refractivity contribution in [2.24, 2.45) is 0 Å². The topological polar surface area (TPSA) is 60.9 Å². The van der Waals surface area contributed by atoms with Crippen LogP contribution < -0.4 is 4.90 Å². The maximum Gasteiger partial charge on any atom is 0.326 e. The van der Waals surface area contributed by atoms with E-state index >= 15 is 0 Å². The van der Waals surface area contributed by atoms with Crippen LogP contribution in [0.3, 0.4) is 0 Å². The van der Waals surface area contributed by atoms with Gasteiger partial charge in [0.1, 0.15) is 6.04 Å². The van der Waals surface area contributed by atoms with Gasteiger partial charge >= 0.3 is 5.97 Å². The Kier molecular flexibility index (Phi) is 6.02. The van der Waals surface area contributed by atoms with Gasteiger partial charge in [-0.1, -0.05) is 13.3 Å². The van der Waals surface area contributed by atoms with Crippen LogP contribution in [-0.4, -0.2) is 48.1 Å². The Morgan fingerprint density at radius 2 is 1.96 bits per heavy atom. The molecule has 0 aromatic heterocycles. The van der Waals surface area contributed by atoms with Gasteiger partial charge in [-0.3, -0.25) is 4.79 Å². The van der Waals surface area contributed by atoms with Crippen molar-refractivity contribution in [2.75, 3.05) is 25.0 Å². The van der Waals surface area contributed by atoms with E-state index in [0.29, 0.717) is 18.5 Å². The van der Waals surface area contributed by atoms with Crippen LogP contribution in [0.4, 0.5) is 5.69 Å². The smallest absolute Gasteiger partial charge is 0.326 e. The van der Waals surface area contributed by atoms with Crippen LogP contribution in [0.15, 0.2) is 24.3 Å². The molecule has 1 aliphatic heterocycles. The largest absolute Gasteiger partial charge is 0.480 e. The molecule has 1 fully saturated rings. The fraction of sp³-hybridized carbons (Fsp3) is 0.556. The molecule has 1 aliphatic rings. The van der Waals surface area contributed by atoms with Crippen molar-refractivity contribution in [3.63, 3.8) is 0 Å². The standard InChI is InChI=1S/C18H26N2O3/c1-3-4-12-19(2)15-10-8-14(9-11-15)17(21)20-13-6-5-7-16(20)18(22)23/h8-11,16H,3-7,12-13H2,1-2H3,(H,22,23). The van der Waals surface area contributed by atoms with Crippen molar-refractivity contribution in [2.45, 2.75) is 45.1 Å². The molecule has 0 bridgehead atoms. The summed E-state index contributed by atoms with van der Waals surface area (Å²) in [5.74, 6) is -1.09. The first-order chi connectivity index (χ1) is 11.0. The second-order valence-electron chi connectivity index (χ2n) is 6.17. The summed E-state index contributed by atoms with van der Waals surface area (Å²) in [6.07, 6.45) is 4.55. The Balaban J connectivity index is 2.08. The Morgan fingerprint density at radius 3 is 2.57 bits per heavy atom. The number of piperidine rings is 1. The van der Waals surface area contributed by atoms with E-state index in [1.165, 1.54) is 4.90 Å². The van der Waals surface area contributed by atoms with Crippen LogP contribution in [0.25, 0.3) is 0 Å². The van der Waals surface area contributed by atoms with Gasteiger partial charge in [0.05, 0.1) is 0 Å². The van der Waals surface area contributed by atoms with Crippen molar-refractivity contribution < 1.29 is 14.7 Å². The number of anilines is 1. The van der Waals surface area contributed by atoms with Crippen LogP contribution in [-0.2, 0) is 4.79 Å². The predicted octanol–water partition coefficient (Wildman–Crippen LogP) is 3.00. The van der Waals surface area contributed by atoms with Gasteiger partial charge in [0, 0.05) is 31.4 Å². The van der Waals surface area contributed by atoms with Crippen molar-refractivity contribution in [3.05, 3.63) is 29.8 Å². The number of carbonyl (C=O) groups excluding carboxylic acids is 1. The lowest BCUT2D eigenvalue weighted by atomic mass is 10.0. The zero-order valence-corrected chi connectivity index (χ0v) is 14.0. The molecule has 1 atom stereocenters. The molecule has 0 saturated carbocycles. The average Bonchev–Trinajstić information content (AvgIpc) is 2.59. The van der Waals surface area contributed by atoms with Crippen molar-refractivity contribution >= 4 is 17.6 Å². The van der Waals surface area contributed by atoms with E-state index in [0.717, 1.165) is 37.9 Å². The van der Waals surface area contributed by atoms with Crippen molar-refractivity contribution in [1.29, 1.82) is 0 Å². The third-order valence-electron chi connectivity index (χ3n) is 4.45. The number of hydrogen-bond acceptors (Lipinski definition) is 3. The highest BCUT2D eigenvalue weighted by Gasteiger charge is 2.32. The highest BCUT2D eigenvalue weighted by atomic mass is 16.4. The first-order valence-electron chi connectivity index (χ1n) is 8.39. The molecule has 5 nitrogen and oxygen atoms in total. The third-order valence-corrected chi connectivity index (χ3v) is 4.45. The first kappa shape index (κ1) is 17.3. The number of nitrogens with zero attached hydrogens (tertiary/aromatic N) is 2. The summed E-state index contributed by atoms with van der Waals surface area (Å²) in [6, 6.07) is 6.77. The lowest BCUT2D eigenvalue weighted by molar-refractivity contribution is -0.143. The Labute approximate surface area is 137 Å². The summed E-state index contributed by atoms with van der Waals surface area (Å²) in [5, 5.41) is 9.30. The molecular weight excluding hydrogens is 292 g/mol. The zero-order valence-electron chi connectivity index (χ0n) is 14.0. The van der Waals surface area contributed by atoms with Gasteiger partial charge in [0.2, 0.25) is 0 Å². The fourth-order valence-electron chi connectivity index (χ4n) is 2.98. The minimum absolute atomic E-state index is 0.181. The Hall–Kier alpha value is -2.04. The van der Waals surface area contributed by atoms with Gasteiger partial charge in [-0.2, -0.15) is 0 Å². The maximum atomic E-state index is 12.6. The van der Waals surface area contributed by atoms with E-state index in [9.17, 15) is 14.7 Å². The van der Waals surface area contributed by atoms with E-state index < -0.39 is 12.0 Å². The molecule has 0 radical (unpaired) electrons. The fourth-order valence-corrected chi connectivity index (χ4v) is 2.98. The molecule has 126 valence electrons. The number of hydrogen-bond donors (Lipinski definition) is 1. The summed E-state index contributed by atoms with van der Waals surface area (Å²) < 4.78 is 0. The molecule has 23 heavy (non-hydrogen) atoms. The molecule has 1 saturated heterocycles. The Bertz CT molecular complexity index is 542. The van der Waals surface area contributed by atoms with Gasteiger partial charge in [-0.15, -0.1) is 0 Å². The lowest BCUT2D eigenvalue weighted by Gasteiger charge is -2.33. The SMILES string of the molecule is CCCCN(C)c1ccc(C(=O)N2CCCCC2C(=O)O)cc1. The molecule has 1 unspecified atom stereocenters. The Morgan fingerprint density at radius 1 is 1.26 bits per heavy atom. The summed E-state index contributed by atoms with van der Waals surface area (Å²) in [5.41, 5.74) is 1.63. The monoisotopic (exact) mass is 318 g/mol. The quantitative estimate of drug-likeness (QED) is 0.876. The number of amides is 1. The van der Waals surface area contributed by atoms with E-state index in [4.69, 9.17) is 0 Å². The van der Waals surface area contributed by atoms with Crippen LogP contribution >= 0.6 is 0 Å². The van der Waals surface area contributed by atoms with Gasteiger partial charge in [0.25, 0.3) is 5.91 Å². The van der Waals surface area contributed by atoms with Crippen molar-refractivity contribution in [3.8, 4) is 0 Å². The number of benzene rings is 1.